The van der Waals surface area contributed by atoms with Gasteiger partial charge in [-0.05, 0) is 30.7 Å². The molecule has 2 aromatic carbocycles. The van der Waals surface area contributed by atoms with Crippen LogP contribution in [0.4, 0.5) is 4.39 Å². The van der Waals surface area contributed by atoms with Gasteiger partial charge in [0.05, 0.1) is 37.0 Å². The smallest absolute Gasteiger partial charge is 0.307 e. The summed E-state index contributed by atoms with van der Waals surface area (Å²) < 4.78 is 20.2. The topological polar surface area (TPSA) is 73.2 Å². The third kappa shape index (κ3) is 4.46. The van der Waals surface area contributed by atoms with Crippen LogP contribution in [-0.4, -0.2) is 28.8 Å². The fourth-order valence-corrected chi connectivity index (χ4v) is 3.25. The van der Waals surface area contributed by atoms with E-state index in [4.69, 9.17) is 16.3 Å². The van der Waals surface area contributed by atoms with Crippen molar-refractivity contribution in [2.75, 3.05) is 7.11 Å². The van der Waals surface area contributed by atoms with Gasteiger partial charge >= 0.3 is 5.97 Å². The number of rotatable bonds is 6. The highest BCUT2D eigenvalue weighted by molar-refractivity contribution is 6.31. The lowest BCUT2D eigenvalue weighted by molar-refractivity contribution is -0.141. The monoisotopic (exact) mass is 415 g/mol. The van der Waals surface area contributed by atoms with Crippen LogP contribution in [0.15, 0.2) is 54.7 Å². The Morgan fingerprint density at radius 1 is 1.21 bits per heavy atom. The molecule has 8 heteroatoms. The zero-order valence-corrected chi connectivity index (χ0v) is 16.6. The summed E-state index contributed by atoms with van der Waals surface area (Å²) in [4.78, 5) is 24.8. The summed E-state index contributed by atoms with van der Waals surface area (Å²) in [5.41, 5.74) is 1.55. The number of ether oxygens (including phenoxy) is 1. The quantitative estimate of drug-likeness (QED) is 0.617. The number of nitrogens with zero attached hydrogens (tertiary/aromatic N) is 2. The number of amides is 1. The van der Waals surface area contributed by atoms with E-state index in [9.17, 15) is 14.0 Å². The Bertz CT molecular complexity index is 1050. The number of nitrogens with one attached hydrogen (secondary N) is 1. The second-order valence-corrected chi connectivity index (χ2v) is 6.74. The summed E-state index contributed by atoms with van der Waals surface area (Å²) in [5.74, 6) is -1.40. The maximum absolute atomic E-state index is 14.1. The second kappa shape index (κ2) is 8.87. The largest absolute Gasteiger partial charge is 0.469 e. The highest BCUT2D eigenvalue weighted by atomic mass is 35.5. The molecule has 0 radical (unpaired) electrons. The number of benzene rings is 2. The molecule has 0 aliphatic carbocycles. The van der Waals surface area contributed by atoms with Gasteiger partial charge in [0.2, 0.25) is 0 Å². The Balaban J connectivity index is 1.90. The molecule has 1 atom stereocenters. The summed E-state index contributed by atoms with van der Waals surface area (Å²) in [7, 11) is 1.27. The van der Waals surface area contributed by atoms with E-state index in [1.54, 1.807) is 49.4 Å². The first-order valence-corrected chi connectivity index (χ1v) is 9.21. The summed E-state index contributed by atoms with van der Waals surface area (Å²) in [6.45, 7) is 1.67. The molecule has 1 amide bonds. The molecule has 3 aromatic rings. The van der Waals surface area contributed by atoms with Crippen LogP contribution in [0, 0.1) is 12.7 Å². The van der Waals surface area contributed by atoms with Crippen molar-refractivity contribution in [3.8, 4) is 5.69 Å². The predicted molar refractivity (Wildman–Crippen MR) is 107 cm³/mol. The van der Waals surface area contributed by atoms with Gasteiger partial charge in [0.25, 0.3) is 5.91 Å². The number of methoxy groups -OCH3 is 1. The number of carbonyl (C=O) groups is 2. The zero-order chi connectivity index (χ0) is 21.0. The van der Waals surface area contributed by atoms with Gasteiger partial charge in [0.1, 0.15) is 11.5 Å². The van der Waals surface area contributed by atoms with Crippen LogP contribution in [-0.2, 0) is 9.53 Å². The molecule has 1 N–H and O–H groups in total. The highest BCUT2D eigenvalue weighted by Gasteiger charge is 2.24. The Morgan fingerprint density at radius 2 is 1.90 bits per heavy atom. The third-order valence-electron chi connectivity index (χ3n) is 4.52. The molecule has 1 heterocycles. The first kappa shape index (κ1) is 20.5. The molecule has 0 aliphatic heterocycles. The average molecular weight is 416 g/mol. The van der Waals surface area contributed by atoms with Crippen LogP contribution >= 0.6 is 11.6 Å². The first-order valence-electron chi connectivity index (χ1n) is 8.84. The molecule has 0 bridgehead atoms. The fourth-order valence-electron chi connectivity index (χ4n) is 2.98. The van der Waals surface area contributed by atoms with Crippen molar-refractivity contribution in [1.82, 2.24) is 15.1 Å². The molecule has 0 aliphatic rings. The summed E-state index contributed by atoms with van der Waals surface area (Å²) >= 11 is 6.25. The van der Waals surface area contributed by atoms with Crippen molar-refractivity contribution in [3.63, 3.8) is 0 Å². The van der Waals surface area contributed by atoms with E-state index in [-0.39, 0.29) is 17.7 Å². The molecule has 29 heavy (non-hydrogen) atoms. The van der Waals surface area contributed by atoms with Crippen LogP contribution < -0.4 is 5.32 Å². The predicted octanol–water partition coefficient (Wildman–Crippen LogP) is 4.01. The Morgan fingerprint density at radius 3 is 2.59 bits per heavy atom. The van der Waals surface area contributed by atoms with Gasteiger partial charge in [-0.15, -0.1) is 0 Å². The van der Waals surface area contributed by atoms with Gasteiger partial charge in [-0.3, -0.25) is 9.59 Å². The first-order chi connectivity index (χ1) is 13.9. The van der Waals surface area contributed by atoms with E-state index in [0.717, 1.165) is 0 Å². The van der Waals surface area contributed by atoms with Crippen LogP contribution in [0.1, 0.15) is 34.1 Å². The number of hydrogen-bond acceptors (Lipinski definition) is 4. The maximum atomic E-state index is 14.1. The van der Waals surface area contributed by atoms with Crippen LogP contribution in [0.2, 0.25) is 5.02 Å². The van der Waals surface area contributed by atoms with Crippen LogP contribution in [0.5, 0.6) is 0 Å². The van der Waals surface area contributed by atoms with Crippen molar-refractivity contribution in [3.05, 3.63) is 82.4 Å². The molecule has 1 aromatic heterocycles. The lowest BCUT2D eigenvalue weighted by Gasteiger charge is -2.19. The molecule has 0 saturated carbocycles. The molecular formula is C21H19ClFN3O3. The Labute approximate surface area is 172 Å². The minimum Gasteiger partial charge on any atom is -0.469 e. The standard InChI is InChI=1S/C21H19ClFN3O3/c1-13-15(12-24-26(13)19-10-6-5-9-17(19)23)21(28)25-18(11-20(27)29-2)14-7-3-4-8-16(14)22/h3-10,12,18H,11H2,1-2H3,(H,25,28). The van der Waals surface area contributed by atoms with Gasteiger partial charge in [-0.2, -0.15) is 5.10 Å². The zero-order valence-electron chi connectivity index (χ0n) is 15.9. The molecule has 150 valence electrons. The van der Waals surface area contributed by atoms with E-state index < -0.39 is 23.7 Å². The van der Waals surface area contributed by atoms with E-state index in [1.807, 2.05) is 0 Å². The van der Waals surface area contributed by atoms with E-state index in [1.165, 1.54) is 24.1 Å². The van der Waals surface area contributed by atoms with E-state index in [0.29, 0.717) is 16.3 Å². The average Bonchev–Trinajstić information content (AvgIpc) is 3.09. The summed E-state index contributed by atoms with van der Waals surface area (Å²) in [6.07, 6.45) is 1.27. The fraction of sp³-hybridized carbons (Fsp3) is 0.190. The molecule has 0 spiro atoms. The van der Waals surface area contributed by atoms with Crippen molar-refractivity contribution in [1.29, 1.82) is 0 Å². The SMILES string of the molecule is COC(=O)CC(NC(=O)c1cnn(-c2ccccc2F)c1C)c1ccccc1Cl. The summed E-state index contributed by atoms with van der Waals surface area (Å²) in [5, 5.41) is 7.36. The lowest BCUT2D eigenvalue weighted by atomic mass is 10.0. The van der Waals surface area contributed by atoms with Crippen molar-refractivity contribution >= 4 is 23.5 Å². The molecule has 6 nitrogen and oxygen atoms in total. The van der Waals surface area contributed by atoms with Crippen molar-refractivity contribution in [2.24, 2.45) is 0 Å². The van der Waals surface area contributed by atoms with Crippen molar-refractivity contribution in [2.45, 2.75) is 19.4 Å². The minimum atomic E-state index is -0.695. The number of aromatic nitrogens is 2. The normalized spacial score (nSPS) is 11.7. The number of halogens is 2. The second-order valence-electron chi connectivity index (χ2n) is 6.33. The Kier molecular flexibility index (Phi) is 6.29. The summed E-state index contributed by atoms with van der Waals surface area (Å²) in [6, 6.07) is 12.4. The highest BCUT2D eigenvalue weighted by Crippen LogP contribution is 2.26. The molecule has 1 unspecified atom stereocenters. The van der Waals surface area contributed by atoms with Gasteiger partial charge in [-0.1, -0.05) is 41.9 Å². The number of esters is 1. The lowest BCUT2D eigenvalue weighted by Crippen LogP contribution is -2.31. The minimum absolute atomic E-state index is 0.0908. The van der Waals surface area contributed by atoms with E-state index in [2.05, 4.69) is 10.4 Å². The Hall–Kier alpha value is -3.19. The maximum Gasteiger partial charge on any atom is 0.307 e. The molecular weight excluding hydrogens is 397 g/mol. The van der Waals surface area contributed by atoms with Gasteiger partial charge in [-0.25, -0.2) is 9.07 Å². The van der Waals surface area contributed by atoms with Gasteiger partial charge in [0.15, 0.2) is 0 Å². The number of hydrogen-bond donors (Lipinski definition) is 1. The van der Waals surface area contributed by atoms with Crippen LogP contribution in [0.25, 0.3) is 5.69 Å². The molecule has 3 rings (SSSR count). The van der Waals surface area contributed by atoms with Gasteiger partial charge < -0.3 is 10.1 Å². The van der Waals surface area contributed by atoms with Crippen LogP contribution in [0.3, 0.4) is 0 Å². The van der Waals surface area contributed by atoms with Crippen molar-refractivity contribution < 1.29 is 18.7 Å². The number of carbonyl (C=O) groups excluding carboxylic acids is 2. The van der Waals surface area contributed by atoms with E-state index >= 15 is 0 Å². The third-order valence-corrected chi connectivity index (χ3v) is 4.86. The molecule has 0 fully saturated rings. The van der Waals surface area contributed by atoms with Gasteiger partial charge in [0, 0.05) is 5.02 Å². The molecule has 0 saturated heterocycles. The number of para-hydroxylation sites is 1.